The first-order chi connectivity index (χ1) is 15.0. The molecule has 4 rings (SSSR count). The molecular weight excluding hydrogens is 394 g/mol. The third-order valence-electron chi connectivity index (χ3n) is 5.83. The first-order valence-corrected chi connectivity index (χ1v) is 10.3. The molecule has 2 aromatic carbocycles. The number of nitrogens with zero attached hydrogens (tertiary/aromatic N) is 1. The van der Waals surface area contributed by atoms with Crippen LogP contribution in [0.3, 0.4) is 0 Å². The Bertz CT molecular complexity index is 1000. The highest BCUT2D eigenvalue weighted by Gasteiger charge is 2.48. The zero-order valence-electron chi connectivity index (χ0n) is 17.1. The average Bonchev–Trinajstić information content (AvgIpc) is 3.37. The number of nitrogens with one attached hydrogen (secondary N) is 1. The number of Topliss-reactive ketones (excluding diaryl/α,β-unsaturated/α-hetero) is 1. The number of likely N-dealkylation sites (tertiary alicyclic amines) is 1. The van der Waals surface area contributed by atoms with Crippen molar-refractivity contribution in [2.45, 2.75) is 31.0 Å². The smallest absolute Gasteiger partial charge is 0.251 e. The first kappa shape index (κ1) is 20.8. The van der Waals surface area contributed by atoms with E-state index in [9.17, 15) is 14.4 Å². The fraction of sp³-hybridized carbons (Fsp3) is 0.292. The number of ether oxygens (including phenoxy) is 1. The van der Waals surface area contributed by atoms with Crippen LogP contribution in [0.1, 0.15) is 27.9 Å². The van der Waals surface area contributed by atoms with Crippen molar-refractivity contribution in [1.29, 1.82) is 0 Å². The Morgan fingerprint density at radius 3 is 2.58 bits per heavy atom. The zero-order valence-corrected chi connectivity index (χ0v) is 17.1. The number of nitrogen functional groups attached to an aromatic ring is 1. The van der Waals surface area contributed by atoms with Gasteiger partial charge < -0.3 is 20.7 Å². The van der Waals surface area contributed by atoms with E-state index < -0.39 is 12.1 Å². The molecule has 3 unspecified atom stereocenters. The van der Waals surface area contributed by atoms with Crippen LogP contribution >= 0.6 is 0 Å². The third-order valence-corrected chi connectivity index (χ3v) is 5.83. The van der Waals surface area contributed by atoms with Crippen LogP contribution in [0.4, 0.5) is 5.69 Å². The van der Waals surface area contributed by atoms with Crippen LogP contribution in [-0.2, 0) is 20.7 Å². The Kier molecular flexibility index (Phi) is 5.86. The van der Waals surface area contributed by atoms with E-state index in [2.05, 4.69) is 11.9 Å². The van der Waals surface area contributed by atoms with E-state index in [1.807, 2.05) is 12.1 Å². The summed E-state index contributed by atoms with van der Waals surface area (Å²) in [5.41, 5.74) is 8.59. The van der Waals surface area contributed by atoms with Gasteiger partial charge in [-0.15, -0.1) is 0 Å². The predicted molar refractivity (Wildman–Crippen MR) is 117 cm³/mol. The van der Waals surface area contributed by atoms with E-state index >= 15 is 0 Å². The molecule has 2 amide bonds. The molecule has 2 fully saturated rings. The summed E-state index contributed by atoms with van der Waals surface area (Å²) in [7, 11) is 0. The Labute approximate surface area is 180 Å². The molecule has 2 saturated heterocycles. The molecule has 3 N–H and O–H groups in total. The summed E-state index contributed by atoms with van der Waals surface area (Å²) in [5, 5.41) is 2.87. The van der Waals surface area contributed by atoms with Crippen LogP contribution in [0.5, 0.6) is 0 Å². The third kappa shape index (κ3) is 4.36. The maximum Gasteiger partial charge on any atom is 0.251 e. The summed E-state index contributed by atoms with van der Waals surface area (Å²) in [6, 6.07) is 12.8. The Morgan fingerprint density at radius 2 is 1.90 bits per heavy atom. The minimum atomic E-state index is -0.817. The van der Waals surface area contributed by atoms with Crippen LogP contribution in [0, 0.1) is 0 Å². The number of carbonyl (C=O) groups excluding carboxylic acids is 3. The molecule has 7 nitrogen and oxygen atoms in total. The van der Waals surface area contributed by atoms with Crippen molar-refractivity contribution in [3.63, 3.8) is 0 Å². The fourth-order valence-electron chi connectivity index (χ4n) is 4.14. The minimum absolute atomic E-state index is 0.0315. The molecule has 3 atom stereocenters. The first-order valence-electron chi connectivity index (χ1n) is 10.3. The van der Waals surface area contributed by atoms with E-state index in [1.165, 1.54) is 0 Å². The van der Waals surface area contributed by atoms with Crippen molar-refractivity contribution in [1.82, 2.24) is 10.2 Å². The normalized spacial score (nSPS) is 20.9. The lowest BCUT2D eigenvalue weighted by Crippen LogP contribution is -2.53. The monoisotopic (exact) mass is 419 g/mol. The lowest BCUT2D eigenvalue weighted by molar-refractivity contribution is -0.138. The van der Waals surface area contributed by atoms with Gasteiger partial charge in [-0.25, -0.2) is 0 Å². The second-order valence-corrected chi connectivity index (χ2v) is 7.88. The van der Waals surface area contributed by atoms with Crippen LogP contribution in [0.25, 0.3) is 6.08 Å². The molecule has 31 heavy (non-hydrogen) atoms. The van der Waals surface area contributed by atoms with Gasteiger partial charge >= 0.3 is 0 Å². The van der Waals surface area contributed by atoms with Crippen molar-refractivity contribution < 1.29 is 19.1 Å². The van der Waals surface area contributed by atoms with Gasteiger partial charge in [-0.3, -0.25) is 14.4 Å². The maximum absolute atomic E-state index is 13.4. The highest BCUT2D eigenvalue weighted by atomic mass is 16.5. The quantitative estimate of drug-likeness (QED) is 0.696. The summed E-state index contributed by atoms with van der Waals surface area (Å²) in [4.78, 5) is 40.2. The van der Waals surface area contributed by atoms with Gasteiger partial charge in [0.15, 0.2) is 5.78 Å². The Hall–Kier alpha value is -3.45. The molecule has 0 bridgehead atoms. The van der Waals surface area contributed by atoms with Gasteiger partial charge in [0.25, 0.3) is 5.91 Å². The average molecular weight is 419 g/mol. The molecule has 0 aromatic heterocycles. The number of rotatable bonds is 6. The van der Waals surface area contributed by atoms with E-state index in [4.69, 9.17) is 10.5 Å². The Balaban J connectivity index is 1.56. The van der Waals surface area contributed by atoms with Crippen LogP contribution in [-0.4, -0.2) is 53.8 Å². The highest BCUT2D eigenvalue weighted by molar-refractivity contribution is 5.99. The highest BCUT2D eigenvalue weighted by Crippen LogP contribution is 2.28. The number of hydrogen-bond donors (Lipinski definition) is 2. The van der Waals surface area contributed by atoms with Gasteiger partial charge in [0.2, 0.25) is 5.91 Å². The summed E-state index contributed by atoms with van der Waals surface area (Å²) in [6.07, 6.45) is 2.35. The fourth-order valence-corrected chi connectivity index (χ4v) is 4.14. The number of carbonyl (C=O) groups is 3. The number of hydrogen-bond acceptors (Lipinski definition) is 5. The van der Waals surface area contributed by atoms with Crippen molar-refractivity contribution >= 4 is 29.4 Å². The lowest BCUT2D eigenvalue weighted by Gasteiger charge is -2.27. The number of anilines is 1. The van der Waals surface area contributed by atoms with Crippen molar-refractivity contribution in [3.8, 4) is 0 Å². The largest absolute Gasteiger partial charge is 0.399 e. The van der Waals surface area contributed by atoms with Gasteiger partial charge in [0.05, 0.1) is 6.10 Å². The van der Waals surface area contributed by atoms with Gasteiger partial charge in [-0.05, 0) is 41.8 Å². The van der Waals surface area contributed by atoms with E-state index in [0.717, 1.165) is 11.1 Å². The standard InChI is InChI=1S/C24H25N3O4/c1-2-15-3-7-17(8-4-15)23(29)26-19(13-16-5-9-18(25)10-6-16)24(30)27-12-11-21-22(27)20(28)14-31-21/h2-10,19,21-22H,1,11-14,25H2,(H,26,29). The molecule has 7 heteroatoms. The molecule has 0 aliphatic carbocycles. The van der Waals surface area contributed by atoms with Crippen molar-refractivity contribution in [3.05, 3.63) is 71.8 Å². The van der Waals surface area contributed by atoms with Gasteiger partial charge in [0, 0.05) is 24.2 Å². The topological polar surface area (TPSA) is 102 Å². The lowest BCUT2D eigenvalue weighted by atomic mass is 10.0. The predicted octanol–water partition coefficient (Wildman–Crippen LogP) is 1.82. The molecule has 160 valence electrons. The zero-order chi connectivity index (χ0) is 22.0. The summed E-state index contributed by atoms with van der Waals surface area (Å²) >= 11 is 0. The molecule has 0 saturated carbocycles. The number of benzene rings is 2. The summed E-state index contributed by atoms with van der Waals surface area (Å²) in [6.45, 7) is 4.17. The molecule has 0 radical (unpaired) electrons. The second-order valence-electron chi connectivity index (χ2n) is 7.88. The van der Waals surface area contributed by atoms with Gasteiger partial charge in [-0.1, -0.05) is 36.9 Å². The Morgan fingerprint density at radius 1 is 1.19 bits per heavy atom. The minimum Gasteiger partial charge on any atom is -0.399 e. The van der Waals surface area contributed by atoms with Crippen LogP contribution in [0.2, 0.25) is 0 Å². The number of ketones is 1. The van der Waals surface area contributed by atoms with E-state index in [0.29, 0.717) is 30.6 Å². The van der Waals surface area contributed by atoms with Gasteiger partial charge in [0.1, 0.15) is 18.7 Å². The number of nitrogens with two attached hydrogens (primary N) is 1. The molecule has 0 spiro atoms. The number of fused-ring (bicyclic) bond motifs is 1. The molecular formula is C24H25N3O4. The summed E-state index contributed by atoms with van der Waals surface area (Å²) in [5.74, 6) is -0.721. The summed E-state index contributed by atoms with van der Waals surface area (Å²) < 4.78 is 5.50. The SMILES string of the molecule is C=Cc1ccc(C(=O)NC(Cc2ccc(N)cc2)C(=O)N2CCC3OCC(=O)C32)cc1. The van der Waals surface area contributed by atoms with Gasteiger partial charge in [-0.2, -0.15) is 0 Å². The molecule has 2 aliphatic heterocycles. The van der Waals surface area contributed by atoms with Crippen LogP contribution < -0.4 is 11.1 Å². The molecule has 2 aromatic rings. The molecule has 2 heterocycles. The molecule has 2 aliphatic rings. The van der Waals surface area contributed by atoms with Crippen molar-refractivity contribution in [2.24, 2.45) is 0 Å². The van der Waals surface area contributed by atoms with E-state index in [-0.39, 0.29) is 30.3 Å². The second kappa shape index (κ2) is 8.73. The number of amides is 2. The van der Waals surface area contributed by atoms with Crippen LogP contribution in [0.15, 0.2) is 55.1 Å². The van der Waals surface area contributed by atoms with Crippen molar-refractivity contribution in [2.75, 3.05) is 18.9 Å². The maximum atomic E-state index is 13.4. The van der Waals surface area contributed by atoms with E-state index in [1.54, 1.807) is 47.4 Å².